The van der Waals surface area contributed by atoms with Crippen molar-refractivity contribution in [2.45, 2.75) is 52.0 Å². The first-order valence-corrected chi connectivity index (χ1v) is 9.66. The summed E-state index contributed by atoms with van der Waals surface area (Å²) >= 11 is 0. The lowest BCUT2D eigenvalue weighted by Gasteiger charge is -2.22. The van der Waals surface area contributed by atoms with Crippen molar-refractivity contribution >= 4 is 35.6 Å². The fourth-order valence-corrected chi connectivity index (χ4v) is 3.34. The molecule has 0 bridgehead atoms. The molecule has 1 atom stereocenters. The van der Waals surface area contributed by atoms with Crippen molar-refractivity contribution in [3.8, 4) is 0 Å². The average molecular weight is 456 g/mol. The number of halogens is 1. The first-order chi connectivity index (χ1) is 11.8. The zero-order valence-electron chi connectivity index (χ0n) is 15.6. The van der Waals surface area contributed by atoms with Crippen molar-refractivity contribution < 1.29 is 0 Å². The molecule has 1 aromatic rings. The molecule has 1 unspecified atom stereocenters. The number of rotatable bonds is 7. The van der Waals surface area contributed by atoms with Crippen molar-refractivity contribution in [3.63, 3.8) is 0 Å². The predicted molar refractivity (Wildman–Crippen MR) is 118 cm³/mol. The Kier molecular flexibility index (Phi) is 8.33. The quantitative estimate of drug-likeness (QED) is 0.365. The minimum absolute atomic E-state index is 0. The number of benzene rings is 1. The average Bonchev–Trinajstić information content (AvgIpc) is 3.25. The van der Waals surface area contributed by atoms with Crippen LogP contribution in [0.1, 0.15) is 57.6 Å². The SMILES string of the molecule is CCNC(=NCCC1CC1)NC(C)c1cccc(N2CCCC2)c1.I. The molecule has 1 saturated heterocycles. The monoisotopic (exact) mass is 456 g/mol. The Morgan fingerprint density at radius 2 is 2.04 bits per heavy atom. The third-order valence-corrected chi connectivity index (χ3v) is 5.04. The summed E-state index contributed by atoms with van der Waals surface area (Å²) in [5.41, 5.74) is 2.68. The summed E-state index contributed by atoms with van der Waals surface area (Å²) in [5.74, 6) is 1.88. The molecule has 140 valence electrons. The zero-order valence-corrected chi connectivity index (χ0v) is 18.0. The second-order valence-electron chi connectivity index (χ2n) is 7.15. The van der Waals surface area contributed by atoms with Gasteiger partial charge in [-0.2, -0.15) is 0 Å². The highest BCUT2D eigenvalue weighted by Gasteiger charge is 2.20. The van der Waals surface area contributed by atoms with Crippen LogP contribution in [-0.2, 0) is 0 Å². The lowest BCUT2D eigenvalue weighted by atomic mass is 10.1. The molecule has 1 aliphatic carbocycles. The summed E-state index contributed by atoms with van der Waals surface area (Å²) < 4.78 is 0. The highest BCUT2D eigenvalue weighted by atomic mass is 127. The molecule has 25 heavy (non-hydrogen) atoms. The van der Waals surface area contributed by atoms with Gasteiger partial charge in [0.05, 0.1) is 6.04 Å². The van der Waals surface area contributed by atoms with E-state index >= 15 is 0 Å². The van der Waals surface area contributed by atoms with E-state index in [2.05, 4.69) is 53.6 Å². The van der Waals surface area contributed by atoms with Crippen LogP contribution in [0, 0.1) is 5.92 Å². The molecule has 2 N–H and O–H groups in total. The van der Waals surface area contributed by atoms with Gasteiger partial charge in [-0.15, -0.1) is 24.0 Å². The van der Waals surface area contributed by atoms with E-state index in [1.165, 1.54) is 56.4 Å². The second-order valence-corrected chi connectivity index (χ2v) is 7.15. The van der Waals surface area contributed by atoms with Crippen LogP contribution < -0.4 is 15.5 Å². The fourth-order valence-electron chi connectivity index (χ4n) is 3.34. The van der Waals surface area contributed by atoms with Crippen LogP contribution in [-0.4, -0.2) is 32.1 Å². The Morgan fingerprint density at radius 3 is 2.72 bits per heavy atom. The summed E-state index contributed by atoms with van der Waals surface area (Å²) in [7, 11) is 0. The van der Waals surface area contributed by atoms with Gasteiger partial charge in [0.1, 0.15) is 0 Å². The van der Waals surface area contributed by atoms with Gasteiger partial charge >= 0.3 is 0 Å². The van der Waals surface area contributed by atoms with Gasteiger partial charge in [0.2, 0.25) is 0 Å². The Bertz CT molecular complexity index is 550. The molecular formula is C20H33IN4. The molecule has 5 heteroatoms. The highest BCUT2D eigenvalue weighted by Crippen LogP contribution is 2.32. The molecule has 0 spiro atoms. The van der Waals surface area contributed by atoms with Gasteiger partial charge in [0.15, 0.2) is 5.96 Å². The Balaban J connectivity index is 0.00000225. The third-order valence-electron chi connectivity index (χ3n) is 5.04. The van der Waals surface area contributed by atoms with Gasteiger partial charge in [0.25, 0.3) is 0 Å². The van der Waals surface area contributed by atoms with E-state index in [1.807, 2.05) is 0 Å². The van der Waals surface area contributed by atoms with Crippen molar-refractivity contribution in [2.75, 3.05) is 31.1 Å². The van der Waals surface area contributed by atoms with E-state index in [1.54, 1.807) is 0 Å². The number of anilines is 1. The topological polar surface area (TPSA) is 39.7 Å². The molecule has 2 aliphatic rings. The van der Waals surface area contributed by atoms with E-state index in [9.17, 15) is 0 Å². The van der Waals surface area contributed by atoms with E-state index in [0.717, 1.165) is 25.0 Å². The van der Waals surface area contributed by atoms with Crippen LogP contribution in [0.4, 0.5) is 5.69 Å². The zero-order chi connectivity index (χ0) is 16.8. The Hall–Kier alpha value is -0.980. The molecule has 1 aromatic carbocycles. The molecule has 3 rings (SSSR count). The van der Waals surface area contributed by atoms with Crippen molar-refractivity contribution in [3.05, 3.63) is 29.8 Å². The summed E-state index contributed by atoms with van der Waals surface area (Å²) in [6, 6.07) is 9.21. The first kappa shape index (κ1) is 20.3. The smallest absolute Gasteiger partial charge is 0.191 e. The number of nitrogens with one attached hydrogen (secondary N) is 2. The highest BCUT2D eigenvalue weighted by molar-refractivity contribution is 14.0. The van der Waals surface area contributed by atoms with E-state index in [-0.39, 0.29) is 30.0 Å². The molecule has 0 amide bonds. The molecule has 4 nitrogen and oxygen atoms in total. The summed E-state index contributed by atoms with van der Waals surface area (Å²) in [4.78, 5) is 7.23. The number of nitrogens with zero attached hydrogens (tertiary/aromatic N) is 2. The number of hydrogen-bond donors (Lipinski definition) is 2. The molecule has 0 radical (unpaired) electrons. The van der Waals surface area contributed by atoms with Gasteiger partial charge in [-0.05, 0) is 56.7 Å². The van der Waals surface area contributed by atoms with Gasteiger partial charge in [-0.25, -0.2) is 0 Å². The number of guanidine groups is 1. The van der Waals surface area contributed by atoms with Crippen LogP contribution in [0.2, 0.25) is 0 Å². The lowest BCUT2D eigenvalue weighted by molar-refractivity contribution is 0.675. The van der Waals surface area contributed by atoms with Crippen molar-refractivity contribution in [1.29, 1.82) is 0 Å². The third kappa shape index (κ3) is 6.35. The second kappa shape index (κ2) is 10.2. The Morgan fingerprint density at radius 1 is 1.28 bits per heavy atom. The van der Waals surface area contributed by atoms with Gasteiger partial charge in [0, 0.05) is 31.9 Å². The number of aliphatic imine (C=N–C) groups is 1. The van der Waals surface area contributed by atoms with Crippen LogP contribution in [0.5, 0.6) is 0 Å². The van der Waals surface area contributed by atoms with Gasteiger partial charge in [-0.1, -0.05) is 25.0 Å². The largest absolute Gasteiger partial charge is 0.372 e. The van der Waals surface area contributed by atoms with Crippen molar-refractivity contribution in [2.24, 2.45) is 10.9 Å². The first-order valence-electron chi connectivity index (χ1n) is 9.66. The molecule has 2 fully saturated rings. The fraction of sp³-hybridized carbons (Fsp3) is 0.650. The van der Waals surface area contributed by atoms with Crippen LogP contribution in [0.25, 0.3) is 0 Å². The van der Waals surface area contributed by atoms with Crippen molar-refractivity contribution in [1.82, 2.24) is 10.6 Å². The normalized spacial score (nSPS) is 18.6. The minimum atomic E-state index is 0. The van der Waals surface area contributed by atoms with Gasteiger partial charge in [-0.3, -0.25) is 4.99 Å². The molecule has 1 saturated carbocycles. The minimum Gasteiger partial charge on any atom is -0.372 e. The predicted octanol–water partition coefficient (Wildman–Crippen LogP) is 4.32. The van der Waals surface area contributed by atoms with Gasteiger partial charge < -0.3 is 15.5 Å². The standard InChI is InChI=1S/C20H32N4.HI/c1-3-21-20(22-12-11-17-9-10-17)23-16(2)18-7-6-8-19(15-18)24-13-4-5-14-24;/h6-8,15-17H,3-5,9-14H2,1-2H3,(H2,21,22,23);1H. The van der Waals surface area contributed by atoms with Crippen LogP contribution >= 0.6 is 24.0 Å². The van der Waals surface area contributed by atoms with Crippen LogP contribution in [0.3, 0.4) is 0 Å². The van der Waals surface area contributed by atoms with E-state index in [4.69, 9.17) is 4.99 Å². The summed E-state index contributed by atoms with van der Waals surface area (Å²) in [6.07, 6.45) is 6.67. The summed E-state index contributed by atoms with van der Waals surface area (Å²) in [5, 5.41) is 6.94. The Labute approximate surface area is 169 Å². The molecular weight excluding hydrogens is 423 g/mol. The molecule has 0 aromatic heterocycles. The van der Waals surface area contributed by atoms with E-state index in [0.29, 0.717) is 0 Å². The number of hydrogen-bond acceptors (Lipinski definition) is 2. The maximum Gasteiger partial charge on any atom is 0.191 e. The maximum atomic E-state index is 4.74. The van der Waals surface area contributed by atoms with E-state index < -0.39 is 0 Å². The molecule has 1 heterocycles. The molecule has 1 aliphatic heterocycles. The van der Waals surface area contributed by atoms with Crippen LogP contribution in [0.15, 0.2) is 29.3 Å². The maximum absolute atomic E-state index is 4.74. The lowest BCUT2D eigenvalue weighted by Crippen LogP contribution is -2.38. The summed E-state index contributed by atoms with van der Waals surface area (Å²) in [6.45, 7) is 8.55.